The van der Waals surface area contributed by atoms with E-state index in [-0.39, 0.29) is 12.0 Å². The molecule has 0 saturated carbocycles. The van der Waals surface area contributed by atoms with Gasteiger partial charge in [0.25, 0.3) is 0 Å². The van der Waals surface area contributed by atoms with Crippen LogP contribution >= 0.6 is 0 Å². The molecule has 1 aliphatic rings. The van der Waals surface area contributed by atoms with Gasteiger partial charge in [0.1, 0.15) is 0 Å². The van der Waals surface area contributed by atoms with E-state index in [0.29, 0.717) is 16.2 Å². The Bertz CT molecular complexity index is 478. The summed E-state index contributed by atoms with van der Waals surface area (Å²) in [5.41, 5.74) is 0.638. The van der Waals surface area contributed by atoms with Gasteiger partial charge in [-0.3, -0.25) is 4.21 Å². The van der Waals surface area contributed by atoms with E-state index in [4.69, 9.17) is 0 Å². The zero-order valence-corrected chi connectivity index (χ0v) is 11.3. The summed E-state index contributed by atoms with van der Waals surface area (Å²) in [4.78, 5) is 0.431. The standard InChI is InChI=1S/C13H17F2NOS/c1-3-4-16-13-8(2)7-18(17)12-6-11(15)10(14)5-9(12)13/h5-6,8,13,16H,3-4,7H2,1-2H3. The summed E-state index contributed by atoms with van der Waals surface area (Å²) in [7, 11) is -1.24. The highest BCUT2D eigenvalue weighted by atomic mass is 32.2. The van der Waals surface area contributed by atoms with Crippen LogP contribution < -0.4 is 5.32 Å². The van der Waals surface area contributed by atoms with Crippen molar-refractivity contribution in [2.24, 2.45) is 5.92 Å². The lowest BCUT2D eigenvalue weighted by Crippen LogP contribution is -2.35. The molecule has 0 spiro atoms. The molecule has 18 heavy (non-hydrogen) atoms. The number of hydrogen-bond donors (Lipinski definition) is 1. The minimum absolute atomic E-state index is 0.0484. The highest BCUT2D eigenvalue weighted by Crippen LogP contribution is 2.35. The summed E-state index contributed by atoms with van der Waals surface area (Å²) in [6.45, 7) is 4.83. The molecule has 0 saturated heterocycles. The molecule has 100 valence electrons. The molecule has 0 fully saturated rings. The maximum absolute atomic E-state index is 13.4. The van der Waals surface area contributed by atoms with E-state index < -0.39 is 22.4 Å². The van der Waals surface area contributed by atoms with Gasteiger partial charge in [0.05, 0.1) is 10.8 Å². The second kappa shape index (κ2) is 5.45. The van der Waals surface area contributed by atoms with Gasteiger partial charge in [0, 0.05) is 16.7 Å². The molecule has 1 aromatic rings. The maximum Gasteiger partial charge on any atom is 0.160 e. The van der Waals surface area contributed by atoms with Gasteiger partial charge in [-0.25, -0.2) is 8.78 Å². The Morgan fingerprint density at radius 2 is 2.06 bits per heavy atom. The smallest absolute Gasteiger partial charge is 0.160 e. The fraction of sp³-hybridized carbons (Fsp3) is 0.538. The average Bonchev–Trinajstić information content (AvgIpc) is 2.32. The highest BCUT2D eigenvalue weighted by Gasteiger charge is 2.31. The molecule has 2 rings (SSSR count). The van der Waals surface area contributed by atoms with Crippen molar-refractivity contribution in [3.8, 4) is 0 Å². The molecule has 0 aromatic heterocycles. The quantitative estimate of drug-likeness (QED) is 0.917. The highest BCUT2D eigenvalue weighted by molar-refractivity contribution is 7.85. The second-order valence-corrected chi connectivity index (χ2v) is 6.19. The average molecular weight is 273 g/mol. The van der Waals surface area contributed by atoms with Crippen LogP contribution in [0.4, 0.5) is 8.78 Å². The first kappa shape index (κ1) is 13.6. The monoisotopic (exact) mass is 273 g/mol. The molecule has 5 heteroatoms. The van der Waals surface area contributed by atoms with E-state index in [1.165, 1.54) is 6.07 Å². The summed E-state index contributed by atoms with van der Waals surface area (Å²) < 4.78 is 38.6. The SMILES string of the molecule is CCCNC1c2cc(F)c(F)cc2S(=O)CC1C. The van der Waals surface area contributed by atoms with E-state index in [2.05, 4.69) is 5.32 Å². The number of halogens is 2. The number of hydrogen-bond acceptors (Lipinski definition) is 2. The van der Waals surface area contributed by atoms with Crippen molar-refractivity contribution >= 4 is 10.8 Å². The number of benzene rings is 1. The third-order valence-electron chi connectivity index (χ3n) is 3.23. The normalized spacial score (nSPS) is 27.0. The molecule has 1 aliphatic heterocycles. The van der Waals surface area contributed by atoms with Gasteiger partial charge in [-0.15, -0.1) is 0 Å². The van der Waals surface area contributed by atoms with Gasteiger partial charge in [-0.05, 0) is 36.6 Å². The van der Waals surface area contributed by atoms with Gasteiger partial charge in [0.2, 0.25) is 0 Å². The zero-order chi connectivity index (χ0) is 13.3. The first-order valence-electron chi connectivity index (χ1n) is 6.15. The van der Waals surface area contributed by atoms with Crippen LogP contribution in [0.1, 0.15) is 31.9 Å². The lowest BCUT2D eigenvalue weighted by molar-refractivity contribution is 0.397. The van der Waals surface area contributed by atoms with Crippen LogP contribution in [0.2, 0.25) is 0 Å². The first-order valence-corrected chi connectivity index (χ1v) is 7.47. The van der Waals surface area contributed by atoms with Gasteiger partial charge in [-0.2, -0.15) is 0 Å². The molecular formula is C13H17F2NOS. The van der Waals surface area contributed by atoms with Crippen molar-refractivity contribution in [2.75, 3.05) is 12.3 Å². The Morgan fingerprint density at radius 3 is 2.72 bits per heavy atom. The Balaban J connectivity index is 2.43. The molecule has 1 N–H and O–H groups in total. The van der Waals surface area contributed by atoms with Gasteiger partial charge < -0.3 is 5.32 Å². The van der Waals surface area contributed by atoms with Crippen LogP contribution in [-0.4, -0.2) is 16.5 Å². The van der Waals surface area contributed by atoms with Crippen molar-refractivity contribution in [1.29, 1.82) is 0 Å². The van der Waals surface area contributed by atoms with Crippen molar-refractivity contribution in [2.45, 2.75) is 31.2 Å². The van der Waals surface area contributed by atoms with Crippen LogP contribution in [0.5, 0.6) is 0 Å². The van der Waals surface area contributed by atoms with Crippen LogP contribution in [0.3, 0.4) is 0 Å². The third kappa shape index (κ3) is 2.47. The summed E-state index contributed by atoms with van der Waals surface area (Å²) in [5.74, 6) is -1.16. The third-order valence-corrected chi connectivity index (χ3v) is 4.90. The van der Waals surface area contributed by atoms with Crippen molar-refractivity contribution in [3.63, 3.8) is 0 Å². The molecule has 0 aliphatic carbocycles. The number of rotatable bonds is 3. The Kier molecular flexibility index (Phi) is 4.12. The minimum Gasteiger partial charge on any atom is -0.310 e. The Hall–Kier alpha value is -0.810. The molecule has 1 heterocycles. The van der Waals surface area contributed by atoms with Gasteiger partial charge >= 0.3 is 0 Å². The first-order chi connectivity index (χ1) is 8.54. The largest absolute Gasteiger partial charge is 0.310 e. The molecular weight excluding hydrogens is 256 g/mol. The topological polar surface area (TPSA) is 29.1 Å². The second-order valence-electron chi connectivity index (χ2n) is 4.73. The van der Waals surface area contributed by atoms with Crippen LogP contribution in [-0.2, 0) is 10.8 Å². The maximum atomic E-state index is 13.4. The van der Waals surface area contributed by atoms with E-state index in [1.807, 2.05) is 13.8 Å². The molecule has 1 aromatic carbocycles. The summed E-state index contributed by atoms with van der Waals surface area (Å²) in [6.07, 6.45) is 0.964. The van der Waals surface area contributed by atoms with Crippen molar-refractivity contribution in [1.82, 2.24) is 5.32 Å². The van der Waals surface area contributed by atoms with Gasteiger partial charge in [0.15, 0.2) is 11.6 Å². The van der Waals surface area contributed by atoms with E-state index >= 15 is 0 Å². The Morgan fingerprint density at radius 1 is 1.39 bits per heavy atom. The van der Waals surface area contributed by atoms with E-state index in [1.54, 1.807) is 0 Å². The van der Waals surface area contributed by atoms with E-state index in [9.17, 15) is 13.0 Å². The molecule has 0 amide bonds. The summed E-state index contributed by atoms with van der Waals surface area (Å²) >= 11 is 0. The number of nitrogens with one attached hydrogen (secondary N) is 1. The fourth-order valence-electron chi connectivity index (χ4n) is 2.33. The summed E-state index contributed by atoms with van der Waals surface area (Å²) in [5, 5.41) is 3.32. The molecule has 0 bridgehead atoms. The molecule has 2 nitrogen and oxygen atoms in total. The van der Waals surface area contributed by atoms with E-state index in [0.717, 1.165) is 19.0 Å². The van der Waals surface area contributed by atoms with Crippen LogP contribution in [0.15, 0.2) is 17.0 Å². The minimum atomic E-state index is -1.24. The molecule has 3 atom stereocenters. The molecule has 0 radical (unpaired) electrons. The van der Waals surface area contributed by atoms with Crippen LogP contribution in [0.25, 0.3) is 0 Å². The van der Waals surface area contributed by atoms with Crippen molar-refractivity contribution in [3.05, 3.63) is 29.3 Å². The Labute approximate surface area is 108 Å². The number of fused-ring (bicyclic) bond motifs is 1. The van der Waals surface area contributed by atoms with Gasteiger partial charge in [-0.1, -0.05) is 13.8 Å². The summed E-state index contributed by atoms with van der Waals surface area (Å²) in [6, 6.07) is 2.21. The fourth-order valence-corrected chi connectivity index (χ4v) is 3.86. The lowest BCUT2D eigenvalue weighted by Gasteiger charge is -2.31. The molecule has 3 unspecified atom stereocenters. The predicted molar refractivity (Wildman–Crippen MR) is 67.8 cm³/mol. The van der Waals surface area contributed by atoms with Crippen molar-refractivity contribution < 1.29 is 13.0 Å². The zero-order valence-electron chi connectivity index (χ0n) is 10.5. The predicted octanol–water partition coefficient (Wildman–Crippen LogP) is 2.76. The lowest BCUT2D eigenvalue weighted by atomic mass is 9.95. The van der Waals surface area contributed by atoms with Crippen LogP contribution in [0, 0.1) is 17.6 Å².